The molecule has 2 rings (SSSR count). The van der Waals surface area contributed by atoms with Gasteiger partial charge in [-0.1, -0.05) is 12.1 Å². The van der Waals surface area contributed by atoms with Crippen LogP contribution in [0.4, 0.5) is 8.78 Å². The van der Waals surface area contributed by atoms with Crippen molar-refractivity contribution in [1.82, 2.24) is 0 Å². The van der Waals surface area contributed by atoms with Crippen LogP contribution in [-0.4, -0.2) is 11.1 Å². The molecular formula is C15H10F2O2. The molecule has 0 fully saturated rings. The second kappa shape index (κ2) is 5.44. The normalized spacial score (nSPS) is 10.8. The lowest BCUT2D eigenvalue weighted by Gasteiger charge is -2.04. The molecule has 0 saturated carbocycles. The first-order valence-electron chi connectivity index (χ1n) is 5.52. The van der Waals surface area contributed by atoms with E-state index in [2.05, 4.69) is 0 Å². The van der Waals surface area contributed by atoms with Gasteiger partial charge in [0.05, 0.1) is 0 Å². The minimum Gasteiger partial charge on any atom is -0.478 e. The minimum absolute atomic E-state index is 0.404. The Morgan fingerprint density at radius 2 is 1.74 bits per heavy atom. The first-order valence-corrected chi connectivity index (χ1v) is 5.52. The number of halogens is 2. The number of rotatable bonds is 3. The van der Waals surface area contributed by atoms with Gasteiger partial charge in [-0.15, -0.1) is 0 Å². The minimum atomic E-state index is -1.11. The zero-order valence-electron chi connectivity index (χ0n) is 9.81. The summed E-state index contributed by atoms with van der Waals surface area (Å²) in [4.78, 5) is 10.4. The first kappa shape index (κ1) is 13.0. The smallest absolute Gasteiger partial charge is 0.328 e. The third-order valence-corrected chi connectivity index (χ3v) is 2.50. The molecule has 19 heavy (non-hydrogen) atoms. The fraction of sp³-hybridized carbons (Fsp3) is 0. The standard InChI is InChI=1S/C15H10F2O2/c16-13-3-1-2-11(8-13)12-6-10(4-5-15(18)19)7-14(17)9-12/h1-9H,(H,18,19). The number of aliphatic carboxylic acids is 1. The van der Waals surface area contributed by atoms with E-state index in [0.29, 0.717) is 16.7 Å². The highest BCUT2D eigenvalue weighted by Crippen LogP contribution is 2.23. The van der Waals surface area contributed by atoms with E-state index in [1.165, 1.54) is 36.4 Å². The molecule has 0 aliphatic carbocycles. The van der Waals surface area contributed by atoms with Crippen LogP contribution < -0.4 is 0 Å². The summed E-state index contributed by atoms with van der Waals surface area (Å²) in [5.74, 6) is -2.03. The average molecular weight is 260 g/mol. The highest BCUT2D eigenvalue weighted by Gasteiger charge is 2.03. The molecule has 1 N–H and O–H groups in total. The van der Waals surface area contributed by atoms with E-state index in [4.69, 9.17) is 5.11 Å². The van der Waals surface area contributed by atoms with Gasteiger partial charge in [-0.25, -0.2) is 13.6 Å². The van der Waals surface area contributed by atoms with Crippen LogP contribution in [-0.2, 0) is 4.79 Å². The molecule has 2 aromatic rings. The van der Waals surface area contributed by atoms with Crippen LogP contribution in [0, 0.1) is 11.6 Å². The summed E-state index contributed by atoms with van der Waals surface area (Å²) in [6, 6.07) is 9.85. The summed E-state index contributed by atoms with van der Waals surface area (Å²) in [5, 5.41) is 8.54. The van der Waals surface area contributed by atoms with Crippen LogP contribution in [0.3, 0.4) is 0 Å². The predicted octanol–water partition coefficient (Wildman–Crippen LogP) is 3.73. The summed E-state index contributed by atoms with van der Waals surface area (Å²) >= 11 is 0. The van der Waals surface area contributed by atoms with E-state index < -0.39 is 17.6 Å². The molecule has 0 aromatic heterocycles. The molecule has 0 radical (unpaired) electrons. The van der Waals surface area contributed by atoms with Gasteiger partial charge in [0.1, 0.15) is 11.6 Å². The lowest BCUT2D eigenvalue weighted by molar-refractivity contribution is -0.131. The van der Waals surface area contributed by atoms with E-state index in [0.717, 1.165) is 6.08 Å². The molecule has 0 unspecified atom stereocenters. The summed E-state index contributed by atoms with van der Waals surface area (Å²) in [7, 11) is 0. The summed E-state index contributed by atoms with van der Waals surface area (Å²) in [6.07, 6.45) is 2.21. The van der Waals surface area contributed by atoms with E-state index in [9.17, 15) is 13.6 Å². The Bertz CT molecular complexity index is 648. The van der Waals surface area contributed by atoms with Crippen molar-refractivity contribution in [1.29, 1.82) is 0 Å². The van der Waals surface area contributed by atoms with Crippen molar-refractivity contribution in [2.75, 3.05) is 0 Å². The van der Waals surface area contributed by atoms with Crippen molar-refractivity contribution < 1.29 is 18.7 Å². The molecule has 0 aliphatic rings. The van der Waals surface area contributed by atoms with Crippen molar-refractivity contribution in [3.05, 3.63) is 65.7 Å². The van der Waals surface area contributed by atoms with Gasteiger partial charge >= 0.3 is 5.97 Å². The van der Waals surface area contributed by atoms with E-state index in [1.807, 2.05) is 0 Å². The van der Waals surface area contributed by atoms with Crippen molar-refractivity contribution in [2.45, 2.75) is 0 Å². The quantitative estimate of drug-likeness (QED) is 0.854. The van der Waals surface area contributed by atoms with Crippen LogP contribution in [0.1, 0.15) is 5.56 Å². The molecular weight excluding hydrogens is 250 g/mol. The number of hydrogen-bond acceptors (Lipinski definition) is 1. The van der Waals surface area contributed by atoms with Gasteiger partial charge in [0.25, 0.3) is 0 Å². The van der Waals surface area contributed by atoms with Crippen LogP contribution >= 0.6 is 0 Å². The highest BCUT2D eigenvalue weighted by atomic mass is 19.1. The maximum absolute atomic E-state index is 13.5. The van der Waals surface area contributed by atoms with Gasteiger partial charge in [-0.2, -0.15) is 0 Å². The topological polar surface area (TPSA) is 37.3 Å². The third kappa shape index (κ3) is 3.48. The lowest BCUT2D eigenvalue weighted by atomic mass is 10.0. The second-order valence-electron chi connectivity index (χ2n) is 3.96. The van der Waals surface area contributed by atoms with Gasteiger partial charge in [0.15, 0.2) is 0 Å². The Morgan fingerprint density at radius 1 is 1.00 bits per heavy atom. The molecule has 0 atom stereocenters. The molecule has 0 amide bonds. The molecule has 0 saturated heterocycles. The Hall–Kier alpha value is -2.49. The number of carboxylic acid groups (broad SMARTS) is 1. The van der Waals surface area contributed by atoms with Crippen molar-refractivity contribution >= 4 is 12.0 Å². The van der Waals surface area contributed by atoms with Crippen LogP contribution in [0.2, 0.25) is 0 Å². The second-order valence-corrected chi connectivity index (χ2v) is 3.96. The summed E-state index contributed by atoms with van der Waals surface area (Å²) in [6.45, 7) is 0. The molecule has 0 aliphatic heterocycles. The summed E-state index contributed by atoms with van der Waals surface area (Å²) < 4.78 is 26.6. The van der Waals surface area contributed by atoms with Crippen molar-refractivity contribution in [3.63, 3.8) is 0 Å². The van der Waals surface area contributed by atoms with Crippen LogP contribution in [0.15, 0.2) is 48.5 Å². The van der Waals surface area contributed by atoms with Crippen molar-refractivity contribution in [2.24, 2.45) is 0 Å². The van der Waals surface area contributed by atoms with Gasteiger partial charge in [0.2, 0.25) is 0 Å². The number of carboxylic acids is 1. The Kier molecular flexibility index (Phi) is 3.71. The van der Waals surface area contributed by atoms with Crippen molar-refractivity contribution in [3.8, 4) is 11.1 Å². The molecule has 4 heteroatoms. The summed E-state index contributed by atoms with van der Waals surface area (Å²) in [5.41, 5.74) is 1.43. The Balaban J connectivity index is 2.44. The first-order chi connectivity index (χ1) is 9.04. The molecule has 2 nitrogen and oxygen atoms in total. The van der Waals surface area contributed by atoms with E-state index in [1.54, 1.807) is 12.1 Å². The molecule has 0 spiro atoms. The Labute approximate surface area is 108 Å². The third-order valence-electron chi connectivity index (χ3n) is 2.50. The monoisotopic (exact) mass is 260 g/mol. The number of carbonyl (C=O) groups is 1. The fourth-order valence-electron chi connectivity index (χ4n) is 1.71. The maximum Gasteiger partial charge on any atom is 0.328 e. The fourth-order valence-corrected chi connectivity index (χ4v) is 1.71. The predicted molar refractivity (Wildman–Crippen MR) is 68.5 cm³/mol. The van der Waals surface area contributed by atoms with Crippen LogP contribution in [0.5, 0.6) is 0 Å². The van der Waals surface area contributed by atoms with Gasteiger partial charge in [-0.3, -0.25) is 0 Å². The lowest BCUT2D eigenvalue weighted by Crippen LogP contribution is -1.88. The zero-order valence-corrected chi connectivity index (χ0v) is 9.81. The number of hydrogen-bond donors (Lipinski definition) is 1. The van der Waals surface area contributed by atoms with Gasteiger partial charge < -0.3 is 5.11 Å². The largest absolute Gasteiger partial charge is 0.478 e. The highest BCUT2D eigenvalue weighted by molar-refractivity contribution is 5.85. The van der Waals surface area contributed by atoms with Crippen LogP contribution in [0.25, 0.3) is 17.2 Å². The van der Waals surface area contributed by atoms with Gasteiger partial charge in [0, 0.05) is 6.08 Å². The van der Waals surface area contributed by atoms with E-state index >= 15 is 0 Å². The molecule has 0 heterocycles. The Morgan fingerprint density at radius 3 is 2.42 bits per heavy atom. The molecule has 0 bridgehead atoms. The average Bonchev–Trinajstić information content (AvgIpc) is 2.36. The van der Waals surface area contributed by atoms with Gasteiger partial charge in [-0.05, 0) is 53.1 Å². The zero-order chi connectivity index (χ0) is 13.8. The molecule has 96 valence electrons. The molecule has 2 aromatic carbocycles. The van der Waals surface area contributed by atoms with E-state index in [-0.39, 0.29) is 0 Å². The number of benzene rings is 2. The maximum atomic E-state index is 13.5. The SMILES string of the molecule is O=C(O)C=Cc1cc(F)cc(-c2cccc(F)c2)c1.